The van der Waals surface area contributed by atoms with Crippen LogP contribution >= 0.6 is 0 Å². The number of fused-ring (bicyclic) bond motifs is 1. The van der Waals surface area contributed by atoms with Crippen molar-refractivity contribution < 1.29 is 13.6 Å². The zero-order valence-corrected chi connectivity index (χ0v) is 22.1. The van der Waals surface area contributed by atoms with E-state index in [1.165, 1.54) is 34.1 Å². The van der Waals surface area contributed by atoms with Gasteiger partial charge in [0.2, 0.25) is 0 Å². The van der Waals surface area contributed by atoms with Crippen LogP contribution in [0.25, 0.3) is 5.65 Å². The van der Waals surface area contributed by atoms with Crippen LogP contribution < -0.4 is 5.32 Å². The van der Waals surface area contributed by atoms with Crippen LogP contribution in [0.4, 0.5) is 14.5 Å². The summed E-state index contributed by atoms with van der Waals surface area (Å²) in [5.41, 5.74) is 3.94. The Morgan fingerprint density at radius 3 is 2.67 bits per heavy atom. The van der Waals surface area contributed by atoms with E-state index in [9.17, 15) is 13.6 Å². The number of anilines is 1. The number of likely N-dealkylation sites (N-methyl/N-ethyl adjacent to an activating group) is 1. The number of hydrogen-bond donors (Lipinski definition) is 1. The largest absolute Gasteiger partial charge is 0.322 e. The highest BCUT2D eigenvalue weighted by molar-refractivity contribution is 6.04. The topological polar surface area (TPSA) is 78.7 Å². The normalized spacial score (nSPS) is 16.2. The molecule has 2 fully saturated rings. The third-order valence-electron chi connectivity index (χ3n) is 7.40. The fraction of sp³-hybridized carbons (Fsp3) is 0.333. The Kier molecular flexibility index (Phi) is 7.24. The lowest BCUT2D eigenvalue weighted by Crippen LogP contribution is -2.44. The van der Waals surface area contributed by atoms with Crippen molar-refractivity contribution in [2.75, 3.05) is 38.5 Å². The first-order valence-electron chi connectivity index (χ1n) is 13.4. The van der Waals surface area contributed by atoms with Crippen LogP contribution in [-0.4, -0.2) is 68.5 Å². The lowest BCUT2D eigenvalue weighted by molar-refractivity contribution is 0.102. The average Bonchev–Trinajstić information content (AvgIpc) is 3.73. The fourth-order valence-electron chi connectivity index (χ4n) is 4.96. The molecule has 3 aromatic heterocycles. The number of nitrogens with zero attached hydrogens (tertiary/aromatic N) is 6. The maximum Gasteiger partial charge on any atom is 0.281 e. The highest BCUT2D eigenvalue weighted by atomic mass is 19.3. The quantitative estimate of drug-likeness (QED) is 0.366. The molecule has 6 rings (SSSR count). The van der Waals surface area contributed by atoms with Gasteiger partial charge in [-0.2, -0.15) is 5.10 Å². The molecule has 0 spiro atoms. The Morgan fingerprint density at radius 1 is 1.07 bits per heavy atom. The molecule has 0 unspecified atom stereocenters. The summed E-state index contributed by atoms with van der Waals surface area (Å²) >= 11 is 0. The van der Waals surface area contributed by atoms with E-state index in [4.69, 9.17) is 0 Å². The summed E-state index contributed by atoms with van der Waals surface area (Å²) in [4.78, 5) is 26.1. The third kappa shape index (κ3) is 5.71. The number of benzene rings is 1. The minimum absolute atomic E-state index is 0.0188. The molecular weight excluding hydrogens is 512 g/mol. The highest BCUT2D eigenvalue weighted by Crippen LogP contribution is 2.43. The standard InChI is InChI=1S/C30H29F2N7O/c1-37-11-13-38(14-12-37)19-22-6-8-24(16-26(22)20-4-5-20)36-30(40)23-15-21(28(29(31)32)34-17-23)7-9-25-18-33-27-3-2-10-35-39(25)27/h2-3,6,8,10,15-18,20,29H,4-5,11-14,19H2,1H3,(H,36,40). The van der Waals surface area contributed by atoms with Gasteiger partial charge in [-0.05, 0) is 73.2 Å². The predicted octanol–water partition coefficient (Wildman–Crippen LogP) is 4.34. The van der Waals surface area contributed by atoms with Crippen LogP contribution in [0.2, 0.25) is 0 Å². The minimum atomic E-state index is -2.84. The summed E-state index contributed by atoms with van der Waals surface area (Å²) in [6, 6.07) is 10.9. The van der Waals surface area contributed by atoms with Crippen molar-refractivity contribution in [3.8, 4) is 11.8 Å². The van der Waals surface area contributed by atoms with Crippen LogP contribution in [0.15, 0.2) is 55.0 Å². The fourth-order valence-corrected chi connectivity index (χ4v) is 4.96. The first-order valence-corrected chi connectivity index (χ1v) is 13.4. The number of amides is 1. The number of carbonyl (C=O) groups excluding carboxylic acids is 1. The van der Waals surface area contributed by atoms with E-state index in [0.29, 0.717) is 22.9 Å². The Morgan fingerprint density at radius 2 is 1.90 bits per heavy atom. The van der Waals surface area contributed by atoms with Crippen LogP contribution in [0.3, 0.4) is 0 Å². The Labute approximate surface area is 231 Å². The van der Waals surface area contributed by atoms with Crippen molar-refractivity contribution in [2.24, 2.45) is 0 Å². The monoisotopic (exact) mass is 541 g/mol. The molecule has 1 saturated carbocycles. The molecule has 0 radical (unpaired) electrons. The van der Waals surface area contributed by atoms with Gasteiger partial charge < -0.3 is 10.2 Å². The molecule has 8 nitrogen and oxygen atoms in total. The number of pyridine rings is 1. The molecule has 1 aromatic carbocycles. The molecule has 40 heavy (non-hydrogen) atoms. The number of rotatable bonds is 6. The Hall–Kier alpha value is -4.20. The minimum Gasteiger partial charge on any atom is -0.322 e. The zero-order chi connectivity index (χ0) is 27.6. The molecule has 1 N–H and O–H groups in total. The van der Waals surface area contributed by atoms with Gasteiger partial charge in [0, 0.05) is 50.8 Å². The van der Waals surface area contributed by atoms with Crippen molar-refractivity contribution in [1.29, 1.82) is 0 Å². The highest BCUT2D eigenvalue weighted by Gasteiger charge is 2.27. The molecule has 1 aliphatic heterocycles. The van der Waals surface area contributed by atoms with Gasteiger partial charge in [-0.25, -0.2) is 18.3 Å². The van der Waals surface area contributed by atoms with Gasteiger partial charge in [0.15, 0.2) is 5.65 Å². The van der Waals surface area contributed by atoms with Crippen molar-refractivity contribution >= 4 is 17.2 Å². The van der Waals surface area contributed by atoms with E-state index in [-0.39, 0.29) is 11.1 Å². The van der Waals surface area contributed by atoms with Crippen molar-refractivity contribution in [1.82, 2.24) is 29.4 Å². The van der Waals surface area contributed by atoms with Gasteiger partial charge in [-0.3, -0.25) is 14.7 Å². The third-order valence-corrected chi connectivity index (χ3v) is 7.40. The summed E-state index contributed by atoms with van der Waals surface area (Å²) in [6.07, 6.45) is 3.74. The summed E-state index contributed by atoms with van der Waals surface area (Å²) in [6.45, 7) is 5.11. The first-order chi connectivity index (χ1) is 19.4. The predicted molar refractivity (Wildman–Crippen MR) is 147 cm³/mol. The van der Waals surface area contributed by atoms with Gasteiger partial charge in [-0.15, -0.1) is 0 Å². The van der Waals surface area contributed by atoms with Gasteiger partial charge in [0.1, 0.15) is 11.4 Å². The maximum atomic E-state index is 13.7. The van der Waals surface area contributed by atoms with E-state index in [0.717, 1.165) is 45.6 Å². The number of aromatic nitrogens is 4. The van der Waals surface area contributed by atoms with E-state index in [1.807, 2.05) is 6.07 Å². The second-order valence-corrected chi connectivity index (χ2v) is 10.4. The number of nitrogens with one attached hydrogen (secondary N) is 1. The van der Waals surface area contributed by atoms with E-state index in [1.54, 1.807) is 18.3 Å². The van der Waals surface area contributed by atoms with Crippen LogP contribution in [0.5, 0.6) is 0 Å². The Bertz CT molecular complexity index is 1610. The lowest BCUT2D eigenvalue weighted by Gasteiger charge is -2.32. The molecular formula is C30H29F2N7O. The van der Waals surface area contributed by atoms with E-state index in [2.05, 4.69) is 61.2 Å². The summed E-state index contributed by atoms with van der Waals surface area (Å²) in [5.74, 6) is 5.68. The summed E-state index contributed by atoms with van der Waals surface area (Å²) in [7, 11) is 2.15. The van der Waals surface area contributed by atoms with Crippen molar-refractivity contribution in [3.05, 3.63) is 88.6 Å². The van der Waals surface area contributed by atoms with Gasteiger partial charge >= 0.3 is 0 Å². The SMILES string of the molecule is CN1CCN(Cc2ccc(NC(=O)c3cnc(C(F)F)c(C#Cc4cnc5cccnn45)c3)cc2C2CC2)CC1. The van der Waals surface area contributed by atoms with Gasteiger partial charge in [0.25, 0.3) is 12.3 Å². The number of carbonyl (C=O) groups is 1. The number of halogens is 2. The number of imidazole rings is 1. The van der Waals surface area contributed by atoms with E-state index < -0.39 is 18.0 Å². The molecule has 10 heteroatoms. The van der Waals surface area contributed by atoms with Gasteiger partial charge in [0.05, 0.1) is 17.3 Å². The molecule has 0 bridgehead atoms. The van der Waals surface area contributed by atoms with Crippen LogP contribution in [-0.2, 0) is 6.54 Å². The number of piperazine rings is 1. The first kappa shape index (κ1) is 26.0. The number of alkyl halides is 2. The smallest absolute Gasteiger partial charge is 0.281 e. The van der Waals surface area contributed by atoms with Crippen molar-refractivity contribution in [3.63, 3.8) is 0 Å². The molecule has 2 aliphatic rings. The lowest BCUT2D eigenvalue weighted by atomic mass is 10.0. The van der Waals surface area contributed by atoms with Crippen molar-refractivity contribution in [2.45, 2.75) is 31.7 Å². The molecule has 204 valence electrons. The summed E-state index contributed by atoms with van der Waals surface area (Å²) in [5, 5.41) is 7.12. The molecule has 4 heterocycles. The molecule has 1 aliphatic carbocycles. The second-order valence-electron chi connectivity index (χ2n) is 10.4. The zero-order valence-electron chi connectivity index (χ0n) is 22.1. The summed E-state index contributed by atoms with van der Waals surface area (Å²) < 4.78 is 28.9. The average molecular weight is 542 g/mol. The maximum absolute atomic E-state index is 13.7. The van der Waals surface area contributed by atoms with Crippen LogP contribution in [0, 0.1) is 11.8 Å². The molecule has 1 saturated heterocycles. The van der Waals surface area contributed by atoms with Crippen LogP contribution in [0.1, 0.15) is 63.6 Å². The molecule has 4 aromatic rings. The second kappa shape index (κ2) is 11.1. The molecule has 0 atom stereocenters. The molecule has 1 amide bonds. The number of hydrogen-bond acceptors (Lipinski definition) is 6. The Balaban J connectivity index is 1.22. The van der Waals surface area contributed by atoms with E-state index >= 15 is 0 Å². The van der Waals surface area contributed by atoms with Gasteiger partial charge in [-0.1, -0.05) is 12.0 Å².